The summed E-state index contributed by atoms with van der Waals surface area (Å²) in [5, 5.41) is 23.1. The average Bonchev–Trinajstić information content (AvgIpc) is 2.97. The van der Waals surface area contributed by atoms with Crippen LogP contribution >= 0.6 is 0 Å². The Hall–Kier alpha value is -2.65. The lowest BCUT2D eigenvalue weighted by molar-refractivity contribution is -0.265. The van der Waals surface area contributed by atoms with Gasteiger partial charge in [-0.15, -0.1) is 0 Å². The van der Waals surface area contributed by atoms with E-state index in [2.05, 4.69) is 5.32 Å². The Balaban J connectivity index is 1.85. The van der Waals surface area contributed by atoms with Crippen LogP contribution in [0.2, 0.25) is 0 Å². The quantitative estimate of drug-likeness (QED) is 0.481. The van der Waals surface area contributed by atoms with Crippen LogP contribution in [0.3, 0.4) is 0 Å². The van der Waals surface area contributed by atoms with Gasteiger partial charge in [0.1, 0.15) is 11.6 Å². The Morgan fingerprint density at radius 3 is 2.47 bits per heavy atom. The van der Waals surface area contributed by atoms with E-state index < -0.39 is 48.2 Å². The minimum absolute atomic E-state index is 0.0668. The first kappa shape index (κ1) is 22.0. The first-order valence-corrected chi connectivity index (χ1v) is 9.15. The van der Waals surface area contributed by atoms with Crippen molar-refractivity contribution in [1.29, 1.82) is 0 Å². The lowest BCUT2D eigenvalue weighted by Gasteiger charge is -2.38. The standard InChI is InChI=1S/C21H21F4NO4/c1-19(2,15-9-12(22)7-8-16(15)27)10-20(29,21(23,24)25)11-26-17-13-5-3-4-6-14(13)18(28)30-17/h3-9,17,26-27,29H,10-11H2,1-2H3. The summed E-state index contributed by atoms with van der Waals surface area (Å²) in [6, 6.07) is 9.22. The number of ether oxygens (including phenoxy) is 1. The third-order valence-corrected chi connectivity index (χ3v) is 5.22. The number of rotatable bonds is 6. The maximum atomic E-state index is 13.8. The minimum atomic E-state index is -5.05. The van der Waals surface area contributed by atoms with Crippen molar-refractivity contribution < 1.29 is 37.3 Å². The number of cyclic esters (lactones) is 1. The van der Waals surface area contributed by atoms with Crippen molar-refractivity contribution in [2.24, 2.45) is 0 Å². The van der Waals surface area contributed by atoms with E-state index in [1.807, 2.05) is 0 Å². The van der Waals surface area contributed by atoms with E-state index in [-0.39, 0.29) is 16.9 Å². The van der Waals surface area contributed by atoms with Crippen LogP contribution in [0, 0.1) is 5.82 Å². The number of phenolic OH excluding ortho intramolecular Hbond substituents is 1. The second-order valence-electron chi connectivity index (χ2n) is 8.00. The molecule has 1 aliphatic rings. The molecule has 2 atom stereocenters. The first-order valence-electron chi connectivity index (χ1n) is 9.15. The van der Waals surface area contributed by atoms with E-state index in [0.717, 1.165) is 18.2 Å². The molecule has 5 nitrogen and oxygen atoms in total. The molecular weight excluding hydrogens is 406 g/mol. The molecule has 0 saturated heterocycles. The van der Waals surface area contributed by atoms with Crippen molar-refractivity contribution in [2.75, 3.05) is 6.54 Å². The number of fused-ring (bicyclic) bond motifs is 1. The van der Waals surface area contributed by atoms with Gasteiger partial charge in [0.15, 0.2) is 11.8 Å². The highest BCUT2D eigenvalue weighted by Crippen LogP contribution is 2.43. The summed E-state index contributed by atoms with van der Waals surface area (Å²) < 4.78 is 60.2. The third kappa shape index (κ3) is 4.13. The van der Waals surface area contributed by atoms with Gasteiger partial charge in [-0.3, -0.25) is 5.32 Å². The molecule has 0 amide bonds. The molecule has 30 heavy (non-hydrogen) atoms. The summed E-state index contributed by atoms with van der Waals surface area (Å²) in [5.41, 5.74) is -4.16. The Bertz CT molecular complexity index is 960. The zero-order valence-electron chi connectivity index (χ0n) is 16.3. The summed E-state index contributed by atoms with van der Waals surface area (Å²) in [6.07, 6.45) is -7.08. The molecule has 0 aliphatic carbocycles. The molecule has 2 unspecified atom stereocenters. The Labute approximate surface area is 170 Å². The fourth-order valence-corrected chi connectivity index (χ4v) is 3.70. The van der Waals surface area contributed by atoms with Crippen molar-refractivity contribution in [3.05, 3.63) is 65.0 Å². The number of phenols is 1. The monoisotopic (exact) mass is 427 g/mol. The van der Waals surface area contributed by atoms with Gasteiger partial charge in [0.05, 0.1) is 5.56 Å². The highest BCUT2D eigenvalue weighted by atomic mass is 19.4. The SMILES string of the molecule is CC(C)(CC(O)(CNC1OC(=O)c2ccccc21)C(F)(F)F)c1cc(F)ccc1O. The number of halogens is 4. The molecule has 0 bridgehead atoms. The predicted octanol–water partition coefficient (Wildman–Crippen LogP) is 3.95. The molecule has 3 N–H and O–H groups in total. The van der Waals surface area contributed by atoms with E-state index in [0.29, 0.717) is 5.56 Å². The van der Waals surface area contributed by atoms with Gasteiger partial charge in [0, 0.05) is 17.7 Å². The molecule has 9 heteroatoms. The van der Waals surface area contributed by atoms with Gasteiger partial charge >= 0.3 is 12.1 Å². The zero-order chi connectivity index (χ0) is 22.3. The van der Waals surface area contributed by atoms with Crippen LogP contribution < -0.4 is 5.32 Å². The lowest BCUT2D eigenvalue weighted by Crippen LogP contribution is -2.55. The second kappa shape index (κ2) is 7.55. The molecule has 2 aromatic rings. The highest BCUT2D eigenvalue weighted by Gasteiger charge is 2.56. The van der Waals surface area contributed by atoms with Crippen LogP contribution in [0.15, 0.2) is 42.5 Å². The highest BCUT2D eigenvalue weighted by molar-refractivity contribution is 5.93. The van der Waals surface area contributed by atoms with E-state index in [9.17, 15) is 32.6 Å². The summed E-state index contributed by atoms with van der Waals surface area (Å²) in [4.78, 5) is 11.9. The molecule has 162 valence electrons. The van der Waals surface area contributed by atoms with E-state index in [1.54, 1.807) is 18.2 Å². The van der Waals surface area contributed by atoms with Crippen LogP contribution in [0.5, 0.6) is 5.75 Å². The van der Waals surface area contributed by atoms with E-state index in [1.165, 1.54) is 19.9 Å². The Morgan fingerprint density at radius 2 is 1.80 bits per heavy atom. The summed E-state index contributed by atoms with van der Waals surface area (Å²) in [7, 11) is 0. The molecule has 1 heterocycles. The maximum Gasteiger partial charge on any atom is 0.418 e. The van der Waals surface area contributed by atoms with Gasteiger partial charge in [-0.25, -0.2) is 9.18 Å². The summed E-state index contributed by atoms with van der Waals surface area (Å²) >= 11 is 0. The fraction of sp³-hybridized carbons (Fsp3) is 0.381. The number of carbonyl (C=O) groups excluding carboxylic acids is 1. The predicted molar refractivity (Wildman–Crippen MR) is 99.3 cm³/mol. The van der Waals surface area contributed by atoms with Crippen LogP contribution in [0.1, 0.15) is 48.0 Å². The zero-order valence-corrected chi connectivity index (χ0v) is 16.3. The maximum absolute atomic E-state index is 13.8. The molecule has 1 aliphatic heterocycles. The molecule has 0 spiro atoms. The molecule has 0 saturated carbocycles. The minimum Gasteiger partial charge on any atom is -0.508 e. The number of hydrogen-bond acceptors (Lipinski definition) is 5. The number of aliphatic hydroxyl groups is 1. The largest absolute Gasteiger partial charge is 0.508 e. The smallest absolute Gasteiger partial charge is 0.418 e. The number of aromatic hydroxyl groups is 1. The molecule has 3 rings (SSSR count). The lowest BCUT2D eigenvalue weighted by atomic mass is 9.74. The summed E-state index contributed by atoms with van der Waals surface area (Å²) in [6.45, 7) is 1.74. The van der Waals surface area contributed by atoms with Crippen molar-refractivity contribution >= 4 is 5.97 Å². The number of nitrogens with one attached hydrogen (secondary N) is 1. The van der Waals surface area contributed by atoms with Gasteiger partial charge < -0.3 is 14.9 Å². The first-order chi connectivity index (χ1) is 13.8. The van der Waals surface area contributed by atoms with Crippen LogP contribution in [-0.2, 0) is 10.2 Å². The number of carbonyl (C=O) groups is 1. The second-order valence-corrected chi connectivity index (χ2v) is 8.00. The topological polar surface area (TPSA) is 78.8 Å². The molecular formula is C21H21F4NO4. The van der Waals surface area contributed by atoms with Gasteiger partial charge in [0.25, 0.3) is 0 Å². The number of alkyl halides is 3. The van der Waals surface area contributed by atoms with Crippen LogP contribution in [0.4, 0.5) is 17.6 Å². The van der Waals surface area contributed by atoms with E-state index >= 15 is 0 Å². The van der Waals surface area contributed by atoms with Crippen molar-refractivity contribution in [3.8, 4) is 5.75 Å². The Morgan fingerprint density at radius 1 is 1.13 bits per heavy atom. The van der Waals surface area contributed by atoms with Gasteiger partial charge in [-0.1, -0.05) is 32.0 Å². The van der Waals surface area contributed by atoms with Crippen LogP contribution in [0.25, 0.3) is 0 Å². The fourth-order valence-electron chi connectivity index (χ4n) is 3.70. The average molecular weight is 427 g/mol. The molecule has 0 fully saturated rings. The summed E-state index contributed by atoms with van der Waals surface area (Å²) in [5.74, 6) is -1.78. The number of hydrogen-bond donors (Lipinski definition) is 3. The number of benzene rings is 2. The van der Waals surface area contributed by atoms with Gasteiger partial charge in [-0.2, -0.15) is 13.2 Å². The van der Waals surface area contributed by atoms with Crippen molar-refractivity contribution in [2.45, 2.75) is 43.7 Å². The Kier molecular flexibility index (Phi) is 5.55. The third-order valence-electron chi connectivity index (χ3n) is 5.22. The molecule has 0 aromatic heterocycles. The molecule has 2 aromatic carbocycles. The van der Waals surface area contributed by atoms with E-state index in [4.69, 9.17) is 4.74 Å². The van der Waals surface area contributed by atoms with Gasteiger partial charge in [0.2, 0.25) is 0 Å². The van der Waals surface area contributed by atoms with Crippen LogP contribution in [-0.4, -0.2) is 34.5 Å². The van der Waals surface area contributed by atoms with Gasteiger partial charge in [-0.05, 0) is 36.1 Å². The number of esters is 1. The van der Waals surface area contributed by atoms with Crippen molar-refractivity contribution in [3.63, 3.8) is 0 Å². The molecule has 0 radical (unpaired) electrons. The normalized spacial score (nSPS) is 18.6. The van der Waals surface area contributed by atoms with Crippen molar-refractivity contribution in [1.82, 2.24) is 5.32 Å².